The van der Waals surface area contributed by atoms with Gasteiger partial charge in [0.25, 0.3) is 0 Å². The van der Waals surface area contributed by atoms with E-state index in [1.54, 1.807) is 0 Å². The number of nitrogens with two attached hydrogens (primary N) is 1. The van der Waals surface area contributed by atoms with Crippen molar-refractivity contribution >= 4 is 0 Å². The molecule has 0 radical (unpaired) electrons. The Bertz CT molecular complexity index is 170. The zero-order valence-corrected chi connectivity index (χ0v) is 10.5. The quantitative estimate of drug-likeness (QED) is 0.762. The van der Waals surface area contributed by atoms with E-state index in [0.29, 0.717) is 12.1 Å². The Balaban J connectivity index is 2.17. The summed E-state index contributed by atoms with van der Waals surface area (Å²) < 4.78 is 5.55. The standard InChI is InChI=1S/C13H27NO/c1-10(2)15-8-7-13(14)12-6-4-5-11(3)9-12/h10-13H,4-9,14H2,1-3H3. The first-order chi connectivity index (χ1) is 7.09. The molecular weight excluding hydrogens is 186 g/mol. The minimum Gasteiger partial charge on any atom is -0.379 e. The first kappa shape index (κ1) is 13.0. The van der Waals surface area contributed by atoms with Gasteiger partial charge in [0.1, 0.15) is 0 Å². The van der Waals surface area contributed by atoms with Crippen LogP contribution >= 0.6 is 0 Å². The van der Waals surface area contributed by atoms with E-state index in [-0.39, 0.29) is 0 Å². The van der Waals surface area contributed by atoms with E-state index in [0.717, 1.165) is 24.9 Å². The minimum atomic E-state index is 0.336. The maximum atomic E-state index is 6.22. The van der Waals surface area contributed by atoms with Gasteiger partial charge >= 0.3 is 0 Å². The number of hydrogen-bond donors (Lipinski definition) is 1. The molecule has 1 saturated carbocycles. The van der Waals surface area contributed by atoms with Crippen LogP contribution in [0.25, 0.3) is 0 Å². The second-order valence-electron chi connectivity index (χ2n) is 5.40. The molecule has 0 amide bonds. The van der Waals surface area contributed by atoms with E-state index in [9.17, 15) is 0 Å². The lowest BCUT2D eigenvalue weighted by molar-refractivity contribution is 0.0673. The van der Waals surface area contributed by atoms with E-state index >= 15 is 0 Å². The van der Waals surface area contributed by atoms with Crippen molar-refractivity contribution in [2.75, 3.05) is 6.61 Å². The predicted molar refractivity (Wildman–Crippen MR) is 64.8 cm³/mol. The smallest absolute Gasteiger partial charge is 0.0518 e. The van der Waals surface area contributed by atoms with E-state index < -0.39 is 0 Å². The Morgan fingerprint density at radius 1 is 1.33 bits per heavy atom. The minimum absolute atomic E-state index is 0.336. The van der Waals surface area contributed by atoms with Crippen molar-refractivity contribution in [1.29, 1.82) is 0 Å². The van der Waals surface area contributed by atoms with Gasteiger partial charge in [-0.15, -0.1) is 0 Å². The van der Waals surface area contributed by atoms with Crippen LogP contribution in [0.3, 0.4) is 0 Å². The molecule has 0 aromatic carbocycles. The molecule has 90 valence electrons. The van der Waals surface area contributed by atoms with E-state index in [1.807, 2.05) is 0 Å². The van der Waals surface area contributed by atoms with Gasteiger partial charge in [-0.1, -0.05) is 19.8 Å². The fraction of sp³-hybridized carbons (Fsp3) is 1.00. The lowest BCUT2D eigenvalue weighted by Gasteiger charge is -2.31. The molecule has 3 atom stereocenters. The van der Waals surface area contributed by atoms with Gasteiger partial charge in [0.15, 0.2) is 0 Å². The zero-order valence-electron chi connectivity index (χ0n) is 10.5. The fourth-order valence-corrected chi connectivity index (χ4v) is 2.55. The summed E-state index contributed by atoms with van der Waals surface area (Å²) in [7, 11) is 0. The van der Waals surface area contributed by atoms with Crippen LogP contribution in [-0.4, -0.2) is 18.8 Å². The van der Waals surface area contributed by atoms with Crippen LogP contribution in [0.1, 0.15) is 52.9 Å². The summed E-state index contributed by atoms with van der Waals surface area (Å²) >= 11 is 0. The van der Waals surface area contributed by atoms with Crippen LogP contribution in [0.5, 0.6) is 0 Å². The van der Waals surface area contributed by atoms with Crippen molar-refractivity contribution in [3.8, 4) is 0 Å². The Morgan fingerprint density at radius 3 is 2.67 bits per heavy atom. The largest absolute Gasteiger partial charge is 0.379 e. The Morgan fingerprint density at radius 2 is 2.07 bits per heavy atom. The van der Waals surface area contributed by atoms with E-state index in [4.69, 9.17) is 10.5 Å². The number of ether oxygens (including phenoxy) is 1. The third kappa shape index (κ3) is 4.98. The van der Waals surface area contributed by atoms with Crippen LogP contribution in [0.4, 0.5) is 0 Å². The third-order valence-corrected chi connectivity index (χ3v) is 3.48. The number of rotatable bonds is 5. The van der Waals surface area contributed by atoms with Crippen molar-refractivity contribution in [1.82, 2.24) is 0 Å². The van der Waals surface area contributed by atoms with Crippen LogP contribution in [0.2, 0.25) is 0 Å². The molecule has 0 heterocycles. The monoisotopic (exact) mass is 213 g/mol. The van der Waals surface area contributed by atoms with Crippen LogP contribution in [0, 0.1) is 11.8 Å². The highest BCUT2D eigenvalue weighted by molar-refractivity contribution is 4.78. The molecule has 0 aliphatic heterocycles. The van der Waals surface area contributed by atoms with Crippen LogP contribution in [-0.2, 0) is 4.74 Å². The summed E-state index contributed by atoms with van der Waals surface area (Å²) in [6.45, 7) is 7.33. The molecule has 1 fully saturated rings. The summed E-state index contributed by atoms with van der Waals surface area (Å²) in [5.74, 6) is 1.62. The molecule has 3 unspecified atom stereocenters. The van der Waals surface area contributed by atoms with Gasteiger partial charge in [0.05, 0.1) is 6.10 Å². The summed E-state index contributed by atoms with van der Waals surface area (Å²) in [6.07, 6.45) is 6.77. The highest BCUT2D eigenvalue weighted by Gasteiger charge is 2.23. The first-order valence-electron chi connectivity index (χ1n) is 6.46. The van der Waals surface area contributed by atoms with Gasteiger partial charge in [-0.3, -0.25) is 0 Å². The first-order valence-corrected chi connectivity index (χ1v) is 6.46. The molecule has 0 aromatic heterocycles. The second-order valence-corrected chi connectivity index (χ2v) is 5.40. The molecule has 2 nitrogen and oxygen atoms in total. The van der Waals surface area contributed by atoms with Crippen LogP contribution in [0.15, 0.2) is 0 Å². The maximum Gasteiger partial charge on any atom is 0.0518 e. The van der Waals surface area contributed by atoms with Crippen LogP contribution < -0.4 is 5.73 Å². The van der Waals surface area contributed by atoms with E-state index in [1.165, 1.54) is 25.7 Å². The molecule has 1 aliphatic carbocycles. The van der Waals surface area contributed by atoms with Crippen molar-refractivity contribution in [2.24, 2.45) is 17.6 Å². The average Bonchev–Trinajstić information content (AvgIpc) is 2.17. The third-order valence-electron chi connectivity index (χ3n) is 3.48. The SMILES string of the molecule is CC1CCCC(C(N)CCOC(C)C)C1. The van der Waals surface area contributed by atoms with Gasteiger partial charge in [-0.25, -0.2) is 0 Å². The molecule has 1 rings (SSSR count). The molecule has 0 spiro atoms. The highest BCUT2D eigenvalue weighted by atomic mass is 16.5. The van der Waals surface area contributed by atoms with E-state index in [2.05, 4.69) is 20.8 Å². The Kier molecular flexibility index (Phi) is 5.62. The Labute approximate surface area is 94.6 Å². The second kappa shape index (κ2) is 6.49. The van der Waals surface area contributed by atoms with Gasteiger partial charge < -0.3 is 10.5 Å². The van der Waals surface area contributed by atoms with Crippen molar-refractivity contribution in [3.63, 3.8) is 0 Å². The molecule has 2 heteroatoms. The predicted octanol–water partition coefficient (Wildman–Crippen LogP) is 2.96. The molecule has 0 aromatic rings. The highest BCUT2D eigenvalue weighted by Crippen LogP contribution is 2.30. The summed E-state index contributed by atoms with van der Waals surface area (Å²) in [4.78, 5) is 0. The Hall–Kier alpha value is -0.0800. The van der Waals surface area contributed by atoms with Crippen molar-refractivity contribution < 1.29 is 4.74 Å². The maximum absolute atomic E-state index is 6.22. The van der Waals surface area contributed by atoms with Crippen molar-refractivity contribution in [3.05, 3.63) is 0 Å². The average molecular weight is 213 g/mol. The number of hydrogen-bond acceptors (Lipinski definition) is 2. The zero-order chi connectivity index (χ0) is 11.3. The fourth-order valence-electron chi connectivity index (χ4n) is 2.55. The summed E-state index contributed by atoms with van der Waals surface area (Å²) in [5.41, 5.74) is 6.22. The molecule has 0 saturated heterocycles. The molecule has 2 N–H and O–H groups in total. The lowest BCUT2D eigenvalue weighted by atomic mass is 9.78. The van der Waals surface area contributed by atoms with Gasteiger partial charge in [0.2, 0.25) is 0 Å². The molecule has 1 aliphatic rings. The lowest BCUT2D eigenvalue weighted by Crippen LogP contribution is -2.34. The normalized spacial score (nSPS) is 29.4. The molecule has 0 bridgehead atoms. The topological polar surface area (TPSA) is 35.2 Å². The summed E-state index contributed by atoms with van der Waals surface area (Å²) in [6, 6.07) is 0.353. The molecule has 15 heavy (non-hydrogen) atoms. The van der Waals surface area contributed by atoms with Gasteiger partial charge in [-0.05, 0) is 44.9 Å². The molecular formula is C13H27NO. The van der Waals surface area contributed by atoms with Crippen molar-refractivity contribution in [2.45, 2.75) is 65.0 Å². The summed E-state index contributed by atoms with van der Waals surface area (Å²) in [5, 5.41) is 0. The van der Waals surface area contributed by atoms with Gasteiger partial charge in [0, 0.05) is 12.6 Å². The van der Waals surface area contributed by atoms with Gasteiger partial charge in [-0.2, -0.15) is 0 Å².